The van der Waals surface area contributed by atoms with Crippen molar-refractivity contribution in [2.45, 2.75) is 88.8 Å². The molecule has 2 N–H and O–H groups in total. The van der Waals surface area contributed by atoms with Gasteiger partial charge in [-0.3, -0.25) is 0 Å². The van der Waals surface area contributed by atoms with E-state index in [0.717, 1.165) is 12.8 Å². The van der Waals surface area contributed by atoms with E-state index in [1.165, 1.54) is 68.2 Å². The molecule has 1 aromatic carbocycles. The van der Waals surface area contributed by atoms with E-state index in [1.54, 1.807) is 0 Å². The van der Waals surface area contributed by atoms with Crippen LogP contribution in [0.2, 0.25) is 0 Å². The Labute approximate surface area is 147 Å². The molecule has 1 fully saturated rings. The Morgan fingerprint density at radius 2 is 1.65 bits per heavy atom. The first kappa shape index (κ1) is 18.9. The van der Waals surface area contributed by atoms with E-state index in [0.29, 0.717) is 5.25 Å². The molecule has 0 aromatic heterocycles. The Bertz CT molecular complexity index is 442. The zero-order chi connectivity index (χ0) is 16.5. The molecule has 2 unspecified atom stereocenters. The SMILES string of the molecule is CCCCCCCCc1ccc(CC2SCCC2(N)CC)cc1. The molecule has 1 aliphatic heterocycles. The molecule has 0 radical (unpaired) electrons. The molecule has 0 amide bonds. The molecule has 1 saturated heterocycles. The van der Waals surface area contributed by atoms with E-state index in [9.17, 15) is 0 Å². The fourth-order valence-corrected chi connectivity index (χ4v) is 5.26. The molecule has 2 rings (SSSR count). The van der Waals surface area contributed by atoms with Crippen LogP contribution in [0.25, 0.3) is 0 Å². The number of aryl methyl sites for hydroxylation is 1. The van der Waals surface area contributed by atoms with Gasteiger partial charge in [0, 0.05) is 10.8 Å². The highest BCUT2D eigenvalue weighted by Gasteiger charge is 2.38. The van der Waals surface area contributed by atoms with Crippen LogP contribution < -0.4 is 5.73 Å². The van der Waals surface area contributed by atoms with Crippen molar-refractivity contribution in [2.75, 3.05) is 5.75 Å². The molecule has 1 aromatic rings. The van der Waals surface area contributed by atoms with Gasteiger partial charge in [0.15, 0.2) is 0 Å². The van der Waals surface area contributed by atoms with Gasteiger partial charge in [-0.2, -0.15) is 11.8 Å². The number of nitrogens with two attached hydrogens (primary N) is 1. The summed E-state index contributed by atoms with van der Waals surface area (Å²) in [6.45, 7) is 4.52. The molecule has 2 atom stereocenters. The first-order chi connectivity index (χ1) is 11.2. The van der Waals surface area contributed by atoms with Crippen molar-refractivity contribution in [3.63, 3.8) is 0 Å². The summed E-state index contributed by atoms with van der Waals surface area (Å²) in [4.78, 5) is 0. The summed E-state index contributed by atoms with van der Waals surface area (Å²) in [6.07, 6.45) is 12.9. The third kappa shape index (κ3) is 5.83. The number of unbranched alkanes of at least 4 members (excludes halogenated alkanes) is 5. The Hall–Kier alpha value is -0.470. The van der Waals surface area contributed by atoms with Gasteiger partial charge in [-0.25, -0.2) is 0 Å². The van der Waals surface area contributed by atoms with Gasteiger partial charge in [0.2, 0.25) is 0 Å². The predicted molar refractivity (Wildman–Crippen MR) is 105 cm³/mol. The lowest BCUT2D eigenvalue weighted by Crippen LogP contribution is -2.46. The molecule has 1 nitrogen and oxygen atoms in total. The topological polar surface area (TPSA) is 26.0 Å². The van der Waals surface area contributed by atoms with E-state index in [-0.39, 0.29) is 5.54 Å². The summed E-state index contributed by atoms with van der Waals surface area (Å²) in [6, 6.07) is 9.35. The lowest BCUT2D eigenvalue weighted by Gasteiger charge is -2.29. The van der Waals surface area contributed by atoms with Crippen LogP contribution in [-0.2, 0) is 12.8 Å². The van der Waals surface area contributed by atoms with Crippen molar-refractivity contribution in [3.05, 3.63) is 35.4 Å². The van der Waals surface area contributed by atoms with E-state index >= 15 is 0 Å². The first-order valence-electron chi connectivity index (χ1n) is 9.66. The molecule has 130 valence electrons. The van der Waals surface area contributed by atoms with Gasteiger partial charge < -0.3 is 5.73 Å². The number of rotatable bonds is 10. The predicted octanol–water partition coefficient (Wildman–Crippen LogP) is 5.75. The average molecular weight is 334 g/mol. The quantitative estimate of drug-likeness (QED) is 0.552. The second-order valence-electron chi connectivity index (χ2n) is 7.23. The minimum absolute atomic E-state index is 0.0574. The molecule has 2 heteroatoms. The maximum Gasteiger partial charge on any atom is 0.0283 e. The largest absolute Gasteiger partial charge is 0.324 e. The summed E-state index contributed by atoms with van der Waals surface area (Å²) in [7, 11) is 0. The molecule has 0 aliphatic carbocycles. The van der Waals surface area contributed by atoms with Crippen molar-refractivity contribution in [2.24, 2.45) is 5.73 Å². The molecule has 1 aliphatic rings. The zero-order valence-electron chi connectivity index (χ0n) is 15.2. The maximum atomic E-state index is 6.58. The summed E-state index contributed by atoms with van der Waals surface area (Å²) in [5.41, 5.74) is 9.59. The van der Waals surface area contributed by atoms with Gasteiger partial charge in [-0.1, -0.05) is 70.2 Å². The summed E-state index contributed by atoms with van der Waals surface area (Å²) >= 11 is 2.07. The van der Waals surface area contributed by atoms with Crippen LogP contribution in [0.1, 0.15) is 76.3 Å². The molecular weight excluding hydrogens is 298 g/mol. The van der Waals surface area contributed by atoms with Crippen molar-refractivity contribution in [3.8, 4) is 0 Å². The van der Waals surface area contributed by atoms with Crippen LogP contribution in [0.5, 0.6) is 0 Å². The Morgan fingerprint density at radius 3 is 2.35 bits per heavy atom. The fraction of sp³-hybridized carbons (Fsp3) is 0.714. The molecule has 0 bridgehead atoms. The number of hydrogen-bond donors (Lipinski definition) is 1. The van der Waals surface area contributed by atoms with Crippen LogP contribution in [-0.4, -0.2) is 16.5 Å². The lowest BCUT2D eigenvalue weighted by atomic mass is 9.87. The van der Waals surface area contributed by atoms with Crippen LogP contribution in [0.15, 0.2) is 24.3 Å². The first-order valence-corrected chi connectivity index (χ1v) is 10.7. The summed E-state index contributed by atoms with van der Waals surface area (Å²) in [5.74, 6) is 1.23. The Morgan fingerprint density at radius 1 is 1.00 bits per heavy atom. The van der Waals surface area contributed by atoms with Crippen LogP contribution >= 0.6 is 11.8 Å². The van der Waals surface area contributed by atoms with Crippen molar-refractivity contribution >= 4 is 11.8 Å². The number of hydrogen-bond acceptors (Lipinski definition) is 2. The third-order valence-electron chi connectivity index (χ3n) is 5.45. The second-order valence-corrected chi connectivity index (χ2v) is 8.55. The molecule has 1 heterocycles. The molecular formula is C21H35NS. The average Bonchev–Trinajstić information content (AvgIpc) is 2.94. The smallest absolute Gasteiger partial charge is 0.0283 e. The van der Waals surface area contributed by atoms with E-state index < -0.39 is 0 Å². The monoisotopic (exact) mass is 333 g/mol. The second kappa shape index (κ2) is 9.74. The van der Waals surface area contributed by atoms with E-state index in [4.69, 9.17) is 5.73 Å². The van der Waals surface area contributed by atoms with Crippen LogP contribution in [0.4, 0.5) is 0 Å². The normalized spacial score (nSPS) is 24.2. The summed E-state index contributed by atoms with van der Waals surface area (Å²) in [5, 5.41) is 0.594. The highest BCUT2D eigenvalue weighted by molar-refractivity contribution is 8.00. The van der Waals surface area contributed by atoms with Crippen molar-refractivity contribution < 1.29 is 0 Å². The fourth-order valence-electron chi connectivity index (χ4n) is 3.55. The minimum Gasteiger partial charge on any atom is -0.324 e. The van der Waals surface area contributed by atoms with Gasteiger partial charge in [0.05, 0.1) is 0 Å². The van der Waals surface area contributed by atoms with E-state index in [1.807, 2.05) is 0 Å². The minimum atomic E-state index is 0.0574. The van der Waals surface area contributed by atoms with Crippen molar-refractivity contribution in [1.29, 1.82) is 0 Å². The van der Waals surface area contributed by atoms with Crippen LogP contribution in [0.3, 0.4) is 0 Å². The van der Waals surface area contributed by atoms with Gasteiger partial charge in [-0.15, -0.1) is 0 Å². The lowest BCUT2D eigenvalue weighted by molar-refractivity contribution is 0.399. The molecule has 0 spiro atoms. The highest BCUT2D eigenvalue weighted by atomic mass is 32.2. The molecule has 23 heavy (non-hydrogen) atoms. The standard InChI is InChI=1S/C21H35NS/c1-3-5-6-7-8-9-10-18-11-13-19(14-12-18)17-20-21(22,4-2)15-16-23-20/h11-14,20H,3-10,15-17,22H2,1-2H3. The number of benzene rings is 1. The zero-order valence-corrected chi connectivity index (χ0v) is 16.0. The molecule has 0 saturated carbocycles. The Kier molecular flexibility index (Phi) is 7.98. The van der Waals surface area contributed by atoms with Crippen LogP contribution in [0, 0.1) is 0 Å². The van der Waals surface area contributed by atoms with E-state index in [2.05, 4.69) is 49.9 Å². The van der Waals surface area contributed by atoms with Gasteiger partial charge in [-0.05, 0) is 49.0 Å². The third-order valence-corrected chi connectivity index (χ3v) is 6.93. The van der Waals surface area contributed by atoms with Crippen molar-refractivity contribution in [1.82, 2.24) is 0 Å². The van der Waals surface area contributed by atoms with Gasteiger partial charge in [0.25, 0.3) is 0 Å². The Balaban J connectivity index is 1.74. The van der Waals surface area contributed by atoms with Gasteiger partial charge >= 0.3 is 0 Å². The number of thioether (sulfide) groups is 1. The van der Waals surface area contributed by atoms with Gasteiger partial charge in [0.1, 0.15) is 0 Å². The maximum absolute atomic E-state index is 6.58. The highest BCUT2D eigenvalue weighted by Crippen LogP contribution is 2.38. The summed E-state index contributed by atoms with van der Waals surface area (Å²) < 4.78 is 0.